The third-order valence-electron chi connectivity index (χ3n) is 7.13. The van der Waals surface area contributed by atoms with Gasteiger partial charge in [0.2, 0.25) is 5.96 Å². The number of rotatable bonds is 5. The van der Waals surface area contributed by atoms with Crippen LogP contribution in [0.1, 0.15) is 49.3 Å². The van der Waals surface area contributed by atoms with Crippen LogP contribution in [-0.2, 0) is 11.0 Å². The molecule has 4 rings (SSSR count). The highest BCUT2D eigenvalue weighted by atomic mass is 19.4. The molecular formula is C29H32F5N5O2. The predicted octanol–water partition coefficient (Wildman–Crippen LogP) is 6.16. The number of piperidine rings is 1. The molecular weight excluding hydrogens is 545 g/mol. The summed E-state index contributed by atoms with van der Waals surface area (Å²) in [4.78, 5) is 23.9. The fourth-order valence-corrected chi connectivity index (χ4v) is 5.10. The molecule has 2 aliphatic rings. The number of nitrogens with zero attached hydrogens (tertiary/aromatic N) is 4. The molecule has 0 radical (unpaired) electrons. The number of carbonyl (C=O) groups is 1. The Kier molecular flexibility index (Phi) is 8.81. The molecule has 0 bridgehead atoms. The van der Waals surface area contributed by atoms with Crippen LogP contribution in [0.25, 0.3) is 0 Å². The predicted molar refractivity (Wildman–Crippen MR) is 149 cm³/mol. The Morgan fingerprint density at radius 3 is 2.41 bits per heavy atom. The van der Waals surface area contributed by atoms with Gasteiger partial charge in [0.25, 0.3) is 5.91 Å². The summed E-state index contributed by atoms with van der Waals surface area (Å²) in [5, 5.41) is 2.80. The number of carbonyl (C=O) groups excluding carboxylic acids is 1. The van der Waals surface area contributed by atoms with Crippen molar-refractivity contribution in [1.29, 1.82) is 0 Å². The van der Waals surface area contributed by atoms with Crippen molar-refractivity contribution in [2.45, 2.75) is 44.8 Å². The second kappa shape index (κ2) is 12.0. The minimum absolute atomic E-state index is 0.0900. The minimum atomic E-state index is -4.88. The Balaban J connectivity index is 1.71. The molecule has 0 saturated carbocycles. The Hall–Kier alpha value is -3.80. The monoisotopic (exact) mass is 577 g/mol. The number of likely N-dealkylation sites (tertiary alicyclic amines) is 1. The number of hydrogen-bond acceptors (Lipinski definition) is 4. The number of halogens is 5. The molecule has 220 valence electrons. The first-order valence-electron chi connectivity index (χ1n) is 13.2. The van der Waals surface area contributed by atoms with Gasteiger partial charge < -0.3 is 19.9 Å². The maximum atomic E-state index is 15.0. The average Bonchev–Trinajstić information content (AvgIpc) is 2.90. The molecule has 2 aromatic carbocycles. The van der Waals surface area contributed by atoms with Crippen molar-refractivity contribution in [3.8, 4) is 5.75 Å². The van der Waals surface area contributed by atoms with Crippen molar-refractivity contribution in [3.05, 3.63) is 65.2 Å². The molecule has 1 fully saturated rings. The van der Waals surface area contributed by atoms with Gasteiger partial charge in [-0.2, -0.15) is 13.2 Å². The van der Waals surface area contributed by atoms with E-state index in [9.17, 15) is 22.4 Å². The van der Waals surface area contributed by atoms with Gasteiger partial charge in [0.1, 0.15) is 22.9 Å². The average molecular weight is 578 g/mol. The molecule has 2 aliphatic heterocycles. The van der Waals surface area contributed by atoms with E-state index in [1.165, 1.54) is 19.2 Å². The van der Waals surface area contributed by atoms with Crippen LogP contribution in [-0.4, -0.2) is 62.3 Å². The van der Waals surface area contributed by atoms with Crippen molar-refractivity contribution in [2.75, 3.05) is 44.0 Å². The maximum Gasteiger partial charge on any atom is 0.420 e. The van der Waals surface area contributed by atoms with Crippen LogP contribution >= 0.6 is 0 Å². The Morgan fingerprint density at radius 2 is 1.85 bits per heavy atom. The Labute approximate surface area is 235 Å². The summed E-state index contributed by atoms with van der Waals surface area (Å²) in [6, 6.07) is 6.00. The standard InChI is InChI=1S/C29H32F5N5O2/c1-16(2)39-24-13-19(12-22(29(32,33)34)27(24)41-15-25(39)40)26(17(3)30)37-28(35-4)36-20-6-7-21(23(31)14-20)18-8-10-38(5)11-9-18/h6-7,12-14,16,18H,3,8-11,15H2,1-2,4-5H3,(H,35,36). The number of amides is 1. The summed E-state index contributed by atoms with van der Waals surface area (Å²) in [7, 11) is 3.36. The largest absolute Gasteiger partial charge is 0.481 e. The lowest BCUT2D eigenvalue weighted by molar-refractivity contribution is -0.140. The normalized spacial score (nSPS) is 17.5. The van der Waals surface area contributed by atoms with Gasteiger partial charge in [-0.3, -0.25) is 9.79 Å². The van der Waals surface area contributed by atoms with Crippen molar-refractivity contribution < 1.29 is 31.5 Å². The number of anilines is 2. The summed E-state index contributed by atoms with van der Waals surface area (Å²) in [5.41, 5.74) is -1.31. The van der Waals surface area contributed by atoms with E-state index in [1.54, 1.807) is 26.0 Å². The van der Waals surface area contributed by atoms with Crippen molar-refractivity contribution in [2.24, 2.45) is 9.98 Å². The van der Waals surface area contributed by atoms with Crippen LogP contribution in [0.15, 0.2) is 52.7 Å². The van der Waals surface area contributed by atoms with Crippen molar-refractivity contribution in [1.82, 2.24) is 4.90 Å². The quantitative estimate of drug-likeness (QED) is 0.263. The number of allylic oxidation sites excluding steroid dienone is 1. The number of aliphatic imine (C=N–C) groups is 2. The summed E-state index contributed by atoms with van der Waals surface area (Å²) < 4.78 is 77.2. The topological polar surface area (TPSA) is 69.5 Å². The van der Waals surface area contributed by atoms with Gasteiger partial charge in [0, 0.05) is 24.3 Å². The molecule has 0 unspecified atom stereocenters. The molecule has 1 N–H and O–H groups in total. The van der Waals surface area contributed by atoms with Crippen LogP contribution in [0.2, 0.25) is 0 Å². The first-order valence-corrected chi connectivity index (χ1v) is 13.2. The fraction of sp³-hybridized carbons (Fsp3) is 0.414. The number of fused-ring (bicyclic) bond motifs is 1. The first-order chi connectivity index (χ1) is 19.3. The molecule has 1 amide bonds. The van der Waals surface area contributed by atoms with Gasteiger partial charge in [-0.25, -0.2) is 13.8 Å². The van der Waals surface area contributed by atoms with E-state index < -0.39 is 53.4 Å². The molecule has 12 heteroatoms. The van der Waals surface area contributed by atoms with Crippen LogP contribution in [0, 0.1) is 5.82 Å². The Morgan fingerprint density at radius 1 is 1.17 bits per heavy atom. The smallest absolute Gasteiger partial charge is 0.420 e. The fourth-order valence-electron chi connectivity index (χ4n) is 5.10. The van der Waals surface area contributed by atoms with E-state index in [0.717, 1.165) is 30.8 Å². The molecule has 41 heavy (non-hydrogen) atoms. The lowest BCUT2D eigenvalue weighted by Crippen LogP contribution is -2.43. The zero-order valence-electron chi connectivity index (χ0n) is 23.3. The number of nitrogens with one attached hydrogen (secondary N) is 1. The van der Waals surface area contributed by atoms with Crippen molar-refractivity contribution in [3.63, 3.8) is 0 Å². The zero-order valence-corrected chi connectivity index (χ0v) is 23.3. The molecule has 0 aromatic heterocycles. The van der Waals surface area contributed by atoms with E-state index in [-0.39, 0.29) is 28.8 Å². The molecule has 7 nitrogen and oxygen atoms in total. The van der Waals surface area contributed by atoms with Crippen LogP contribution in [0.5, 0.6) is 5.75 Å². The maximum absolute atomic E-state index is 15.0. The van der Waals surface area contributed by atoms with E-state index in [1.807, 2.05) is 7.05 Å². The lowest BCUT2D eigenvalue weighted by Gasteiger charge is -2.34. The zero-order chi connectivity index (χ0) is 30.1. The lowest BCUT2D eigenvalue weighted by atomic mass is 9.89. The number of alkyl halides is 3. The number of hydrogen-bond donors (Lipinski definition) is 1. The molecule has 2 aromatic rings. The SMILES string of the molecule is C=C(F)C(=NC(=NC)Nc1ccc(C2CCN(C)CC2)c(F)c1)c1cc2c(c(C(F)(F)F)c1)OCC(=O)N2C(C)C. The molecule has 0 atom stereocenters. The highest BCUT2D eigenvalue weighted by Crippen LogP contribution is 2.45. The van der Waals surface area contributed by atoms with E-state index in [0.29, 0.717) is 11.6 Å². The number of ether oxygens (including phenoxy) is 1. The van der Waals surface area contributed by atoms with E-state index in [4.69, 9.17) is 4.74 Å². The third kappa shape index (κ3) is 6.58. The van der Waals surface area contributed by atoms with Crippen LogP contribution in [0.3, 0.4) is 0 Å². The molecule has 1 saturated heterocycles. The van der Waals surface area contributed by atoms with Crippen molar-refractivity contribution >= 4 is 29.0 Å². The molecule has 0 spiro atoms. The van der Waals surface area contributed by atoms with Gasteiger partial charge in [-0.1, -0.05) is 12.6 Å². The Bertz CT molecular complexity index is 1390. The van der Waals surface area contributed by atoms with Crippen LogP contribution in [0.4, 0.5) is 33.3 Å². The van der Waals surface area contributed by atoms with Gasteiger partial charge in [-0.15, -0.1) is 0 Å². The number of benzene rings is 2. The summed E-state index contributed by atoms with van der Waals surface area (Å²) in [5.74, 6) is -2.72. The van der Waals surface area contributed by atoms with Crippen LogP contribution < -0.4 is 15.0 Å². The summed E-state index contributed by atoms with van der Waals surface area (Å²) >= 11 is 0. The number of guanidine groups is 1. The highest BCUT2D eigenvalue weighted by molar-refractivity contribution is 6.18. The van der Waals surface area contributed by atoms with E-state index >= 15 is 4.39 Å². The molecule has 0 aliphatic carbocycles. The van der Waals surface area contributed by atoms with E-state index in [2.05, 4.69) is 26.8 Å². The van der Waals surface area contributed by atoms with Gasteiger partial charge >= 0.3 is 6.18 Å². The van der Waals surface area contributed by atoms with Gasteiger partial charge in [-0.05, 0) is 82.6 Å². The second-order valence-corrected chi connectivity index (χ2v) is 10.4. The van der Waals surface area contributed by atoms with Gasteiger partial charge in [0.15, 0.2) is 12.4 Å². The molecule has 2 heterocycles. The highest BCUT2D eigenvalue weighted by Gasteiger charge is 2.40. The summed E-state index contributed by atoms with van der Waals surface area (Å²) in [6.45, 7) is 7.70. The summed E-state index contributed by atoms with van der Waals surface area (Å²) in [6.07, 6.45) is -3.21. The first kappa shape index (κ1) is 30.2. The third-order valence-corrected chi connectivity index (χ3v) is 7.13. The second-order valence-electron chi connectivity index (χ2n) is 10.4. The van der Waals surface area contributed by atoms with Gasteiger partial charge in [0.05, 0.1) is 5.69 Å². The minimum Gasteiger partial charge on any atom is -0.481 e.